The number of nitrogens with one attached hydrogen (secondary N) is 2. The van der Waals surface area contributed by atoms with Gasteiger partial charge in [-0.05, 0) is 36.8 Å². The maximum Gasteiger partial charge on any atom is 0.433 e. The molecule has 154 valence electrons. The number of furan rings is 1. The number of phenols is 1. The summed E-state index contributed by atoms with van der Waals surface area (Å²) in [5.74, 6) is -2.60. The van der Waals surface area contributed by atoms with Crippen LogP contribution in [0, 0.1) is 10.1 Å². The van der Waals surface area contributed by atoms with Crippen LogP contribution in [0.5, 0.6) is 5.75 Å². The van der Waals surface area contributed by atoms with E-state index in [4.69, 9.17) is 21.4 Å². The molecule has 0 spiro atoms. The minimum Gasteiger partial charge on any atom is -0.507 e. The lowest BCUT2D eigenvalue weighted by Crippen LogP contribution is -2.33. The van der Waals surface area contributed by atoms with E-state index in [1.807, 2.05) is 6.92 Å². The summed E-state index contributed by atoms with van der Waals surface area (Å²) in [6.07, 6.45) is 2.68. The van der Waals surface area contributed by atoms with E-state index in [0.29, 0.717) is 5.69 Å². The van der Waals surface area contributed by atoms with Crippen LogP contribution < -0.4 is 10.6 Å². The monoisotopic (exact) mass is 421 g/mol. The van der Waals surface area contributed by atoms with Crippen molar-refractivity contribution in [2.24, 2.45) is 0 Å². The van der Waals surface area contributed by atoms with Crippen molar-refractivity contribution in [3.05, 3.63) is 51.8 Å². The zero-order chi connectivity index (χ0) is 21.4. The molecule has 0 aliphatic heterocycles. The number of carbonyl (C=O) groups is 2. The number of thiocarbonyl (C=S) groups is 1. The first-order valence-corrected chi connectivity index (χ1v) is 9.09. The van der Waals surface area contributed by atoms with E-state index in [-0.39, 0.29) is 28.8 Å². The molecule has 0 atom stereocenters. The van der Waals surface area contributed by atoms with Gasteiger partial charge in [0.25, 0.3) is 5.91 Å². The molecular formula is C18H19N3O7S. The quantitative estimate of drug-likeness (QED) is 0.192. The van der Waals surface area contributed by atoms with Crippen LogP contribution in [-0.4, -0.2) is 33.6 Å². The van der Waals surface area contributed by atoms with Crippen LogP contribution in [0.2, 0.25) is 0 Å². The normalized spacial score (nSPS) is 10.2. The first-order valence-electron chi connectivity index (χ1n) is 8.68. The van der Waals surface area contributed by atoms with Gasteiger partial charge in [0.1, 0.15) is 16.2 Å². The van der Waals surface area contributed by atoms with Crippen LogP contribution in [0.3, 0.4) is 0 Å². The highest BCUT2D eigenvalue weighted by atomic mass is 32.1. The molecule has 1 aromatic carbocycles. The Morgan fingerprint density at radius 3 is 2.66 bits per heavy atom. The number of rotatable bonds is 8. The molecule has 2 aromatic rings. The Morgan fingerprint density at radius 2 is 2.03 bits per heavy atom. The van der Waals surface area contributed by atoms with Gasteiger partial charge in [-0.25, -0.2) is 4.79 Å². The summed E-state index contributed by atoms with van der Waals surface area (Å²) in [6.45, 7) is 2.30. The number of phenolic OH excluding ortho intramolecular Hbond substituents is 1. The Labute approximate surface area is 171 Å². The molecule has 0 radical (unpaired) electrons. The average Bonchev–Trinajstić information content (AvgIpc) is 3.16. The van der Waals surface area contributed by atoms with Gasteiger partial charge in [-0.3, -0.25) is 20.2 Å². The summed E-state index contributed by atoms with van der Waals surface area (Å²) in [5.41, 5.74) is 0.311. The van der Waals surface area contributed by atoms with E-state index in [9.17, 15) is 24.8 Å². The van der Waals surface area contributed by atoms with Gasteiger partial charge >= 0.3 is 11.9 Å². The van der Waals surface area contributed by atoms with Gasteiger partial charge < -0.3 is 19.6 Å². The molecule has 2 rings (SSSR count). The summed E-state index contributed by atoms with van der Waals surface area (Å²) in [7, 11) is 0. The number of benzene rings is 1. The fraction of sp³-hybridized carbons (Fsp3) is 0.278. The van der Waals surface area contributed by atoms with Crippen molar-refractivity contribution in [2.75, 3.05) is 11.9 Å². The number of nitro groups is 1. The molecule has 0 unspecified atom stereocenters. The topological polar surface area (TPSA) is 144 Å². The van der Waals surface area contributed by atoms with Crippen molar-refractivity contribution in [2.45, 2.75) is 26.2 Å². The predicted octanol–water partition coefficient (Wildman–Crippen LogP) is 3.37. The zero-order valence-corrected chi connectivity index (χ0v) is 16.3. The molecule has 0 fully saturated rings. The first-order chi connectivity index (χ1) is 13.8. The molecule has 11 heteroatoms. The Balaban J connectivity index is 1.93. The number of hydrogen-bond donors (Lipinski definition) is 3. The van der Waals surface area contributed by atoms with Crippen molar-refractivity contribution >= 4 is 40.8 Å². The molecule has 1 heterocycles. The van der Waals surface area contributed by atoms with Crippen LogP contribution in [0.15, 0.2) is 34.7 Å². The highest BCUT2D eigenvalue weighted by molar-refractivity contribution is 7.80. The number of carbonyl (C=O) groups excluding carboxylic acids is 2. The summed E-state index contributed by atoms with van der Waals surface area (Å²) in [4.78, 5) is 33.8. The van der Waals surface area contributed by atoms with Crippen LogP contribution in [0.1, 0.15) is 47.1 Å². The first kappa shape index (κ1) is 21.8. The Hall–Kier alpha value is -3.47. The van der Waals surface area contributed by atoms with Crippen molar-refractivity contribution in [3.8, 4) is 5.75 Å². The zero-order valence-electron chi connectivity index (χ0n) is 15.5. The summed E-state index contributed by atoms with van der Waals surface area (Å²) in [5, 5.41) is 25.4. The second-order valence-corrected chi connectivity index (χ2v) is 6.29. The van der Waals surface area contributed by atoms with E-state index in [1.165, 1.54) is 18.2 Å². The fourth-order valence-electron chi connectivity index (χ4n) is 2.25. The number of unbranched alkanes of at least 4 members (excludes halogenated alkanes) is 2. The third-order valence-corrected chi connectivity index (χ3v) is 3.88. The van der Waals surface area contributed by atoms with Gasteiger partial charge in [0.05, 0.1) is 12.7 Å². The van der Waals surface area contributed by atoms with Gasteiger partial charge in [0.2, 0.25) is 0 Å². The summed E-state index contributed by atoms with van der Waals surface area (Å²) < 4.78 is 9.87. The van der Waals surface area contributed by atoms with E-state index >= 15 is 0 Å². The van der Waals surface area contributed by atoms with Crippen molar-refractivity contribution < 1.29 is 28.8 Å². The predicted molar refractivity (Wildman–Crippen MR) is 107 cm³/mol. The number of amides is 1. The van der Waals surface area contributed by atoms with E-state index in [1.54, 1.807) is 0 Å². The second-order valence-electron chi connectivity index (χ2n) is 5.88. The van der Waals surface area contributed by atoms with Gasteiger partial charge in [0.15, 0.2) is 10.9 Å². The molecule has 0 saturated heterocycles. The standard InChI is InChI=1S/C18H19N3O7S/c1-2-3-4-9-27-17(24)12-6-5-11(10-13(12)22)19-18(29)20-16(23)14-7-8-15(28-14)21(25)26/h5-8,10,22H,2-4,9H2,1H3,(H2,19,20,23,29). The van der Waals surface area contributed by atoms with Crippen LogP contribution in [0.25, 0.3) is 0 Å². The van der Waals surface area contributed by atoms with Gasteiger partial charge in [-0.2, -0.15) is 0 Å². The number of aromatic hydroxyl groups is 1. The number of esters is 1. The lowest BCUT2D eigenvalue weighted by molar-refractivity contribution is -0.402. The van der Waals surface area contributed by atoms with Crippen LogP contribution in [-0.2, 0) is 4.74 Å². The van der Waals surface area contributed by atoms with Gasteiger partial charge in [-0.1, -0.05) is 19.8 Å². The lowest BCUT2D eigenvalue weighted by Gasteiger charge is -2.11. The molecule has 0 saturated carbocycles. The Bertz CT molecular complexity index is 926. The van der Waals surface area contributed by atoms with Crippen LogP contribution in [0.4, 0.5) is 11.6 Å². The molecule has 29 heavy (non-hydrogen) atoms. The number of nitrogens with zero attached hydrogens (tertiary/aromatic N) is 1. The number of ether oxygens (including phenoxy) is 1. The molecule has 1 amide bonds. The fourth-order valence-corrected chi connectivity index (χ4v) is 2.46. The highest BCUT2D eigenvalue weighted by Gasteiger charge is 2.18. The highest BCUT2D eigenvalue weighted by Crippen LogP contribution is 2.23. The minimum absolute atomic E-state index is 0.00453. The lowest BCUT2D eigenvalue weighted by atomic mass is 10.2. The van der Waals surface area contributed by atoms with Crippen LogP contribution >= 0.6 is 12.2 Å². The number of hydrogen-bond acceptors (Lipinski definition) is 8. The van der Waals surface area contributed by atoms with Crippen molar-refractivity contribution in [3.63, 3.8) is 0 Å². The smallest absolute Gasteiger partial charge is 0.433 e. The van der Waals surface area contributed by atoms with Crippen molar-refractivity contribution in [1.82, 2.24) is 5.32 Å². The van der Waals surface area contributed by atoms with Gasteiger partial charge in [0, 0.05) is 11.8 Å². The Kier molecular flexibility index (Phi) is 7.66. The third-order valence-electron chi connectivity index (χ3n) is 3.68. The third kappa shape index (κ3) is 6.28. The van der Waals surface area contributed by atoms with Gasteiger partial charge in [-0.15, -0.1) is 0 Å². The molecule has 0 bridgehead atoms. The molecule has 10 nitrogen and oxygen atoms in total. The molecule has 1 aromatic heterocycles. The molecule has 3 N–H and O–H groups in total. The largest absolute Gasteiger partial charge is 0.507 e. The minimum atomic E-state index is -0.785. The Morgan fingerprint density at radius 1 is 1.28 bits per heavy atom. The molecule has 0 aliphatic carbocycles. The molecule has 0 aliphatic rings. The van der Waals surface area contributed by atoms with E-state index in [0.717, 1.165) is 31.4 Å². The van der Waals surface area contributed by atoms with Crippen molar-refractivity contribution in [1.29, 1.82) is 0 Å². The SMILES string of the molecule is CCCCCOC(=O)c1ccc(NC(=S)NC(=O)c2ccc([N+](=O)[O-])o2)cc1O. The molecular weight excluding hydrogens is 402 g/mol. The summed E-state index contributed by atoms with van der Waals surface area (Å²) >= 11 is 4.99. The summed E-state index contributed by atoms with van der Waals surface area (Å²) in [6, 6.07) is 6.27. The van der Waals surface area contributed by atoms with E-state index < -0.39 is 22.7 Å². The maximum atomic E-state index is 12.0. The average molecular weight is 421 g/mol. The number of anilines is 1. The van der Waals surface area contributed by atoms with E-state index in [2.05, 4.69) is 10.6 Å². The second kappa shape index (κ2) is 10.2. The maximum absolute atomic E-state index is 12.0.